The van der Waals surface area contributed by atoms with E-state index in [2.05, 4.69) is 305 Å². The number of rotatable bonds is 0. The van der Waals surface area contributed by atoms with Gasteiger partial charge in [0, 0.05) is 0 Å². The van der Waals surface area contributed by atoms with Gasteiger partial charge in [-0.3, -0.25) is 0 Å². The van der Waals surface area contributed by atoms with Crippen LogP contribution in [0.2, 0.25) is 0 Å². The molecule has 0 spiro atoms. The fourth-order valence-corrected chi connectivity index (χ4v) is 18.8. The maximum Gasteiger partial charge on any atom is -0.000421 e. The largest absolute Gasteiger partial charge is 0.0683 e. The lowest BCUT2D eigenvalue weighted by molar-refractivity contribution is 1.16. The predicted molar refractivity (Wildman–Crippen MR) is 618 cm³/mol. The lowest BCUT2D eigenvalue weighted by Gasteiger charge is -2.08. The molecule has 712 valence electrons. The van der Waals surface area contributed by atoms with Crippen LogP contribution < -0.4 is 0 Å². The highest BCUT2D eigenvalue weighted by Crippen LogP contribution is 2.52. The summed E-state index contributed by atoms with van der Waals surface area (Å²) in [6.07, 6.45) is 8.69. The van der Waals surface area contributed by atoms with E-state index in [1.54, 1.807) is 33.4 Å². The summed E-state index contributed by atoms with van der Waals surface area (Å²) in [5.41, 5.74) is 49.8. The van der Waals surface area contributed by atoms with Gasteiger partial charge >= 0.3 is 0 Å². The molecule has 0 atom stereocenters. The summed E-state index contributed by atoms with van der Waals surface area (Å²) < 4.78 is 0. The average molecular weight is 1820 g/mol. The van der Waals surface area contributed by atoms with Gasteiger partial charge in [-0.15, -0.1) is 0 Å². The molecule has 18 aromatic rings. The predicted octanol–water partition coefficient (Wildman–Crippen LogP) is 41.3. The van der Waals surface area contributed by atoms with Crippen molar-refractivity contribution in [2.75, 3.05) is 0 Å². The Morgan fingerprint density at radius 1 is 0.116 bits per heavy atom. The molecule has 0 unspecified atom stereocenters. The Kier molecular flexibility index (Phi) is 49.2. The first-order valence-corrected chi connectivity index (χ1v) is 52.5. The molecule has 8 aliphatic carbocycles. The Labute approximate surface area is 836 Å². The SMILES string of the molecule is CC.CC.CC.CC.CC.CC.CC.CC.CC.CC.CC.CC.Cc1ccccc1.Cc1ccccc1.c1ccc2c(c1)Cc1c-2ccc2c1Cc1c-2ccc2ccccc12.c1ccc2c(c1)Cc1c-2ccc2c1Cc1cc3ccccc3cc1-2.c1ccc2c(c1)Cc1c-2ccc2c1Cc1ccccc1-2.c1ccc2c(c1)Cc1cc3c(cc1-2)Cc1ccccc1-3.c1ccccc1.c1ccccc1. The molecule has 0 saturated carbocycles. The third-order valence-electron chi connectivity index (χ3n) is 24.2. The van der Waals surface area contributed by atoms with Gasteiger partial charge in [0.25, 0.3) is 0 Å². The second-order valence-corrected chi connectivity index (χ2v) is 31.2. The van der Waals surface area contributed by atoms with Crippen LogP contribution in [0.1, 0.15) is 266 Å². The van der Waals surface area contributed by atoms with E-state index in [-0.39, 0.29) is 0 Å². The molecule has 0 heterocycles. The summed E-state index contributed by atoms with van der Waals surface area (Å²) in [7, 11) is 0. The Balaban J connectivity index is 0.000000216. The van der Waals surface area contributed by atoms with Crippen LogP contribution in [-0.2, 0) is 51.4 Å². The van der Waals surface area contributed by atoms with E-state index in [1.165, 1.54) is 177 Å². The van der Waals surface area contributed by atoms with Crippen molar-refractivity contribution in [3.63, 3.8) is 0 Å². The van der Waals surface area contributed by atoms with Gasteiger partial charge in [-0.25, -0.2) is 0 Å². The van der Waals surface area contributed by atoms with Gasteiger partial charge in [0.2, 0.25) is 0 Å². The number of hydrogen-bond acceptors (Lipinski definition) is 0. The first kappa shape index (κ1) is 111. The van der Waals surface area contributed by atoms with E-state index in [4.69, 9.17) is 0 Å². The van der Waals surface area contributed by atoms with Gasteiger partial charge in [0.15, 0.2) is 0 Å². The molecule has 26 rings (SSSR count). The van der Waals surface area contributed by atoms with Crippen molar-refractivity contribution in [1.29, 1.82) is 0 Å². The van der Waals surface area contributed by atoms with Gasteiger partial charge in [-0.2, -0.15) is 0 Å². The summed E-state index contributed by atoms with van der Waals surface area (Å²) >= 11 is 0. The summed E-state index contributed by atoms with van der Waals surface area (Å²) in [5.74, 6) is 0. The van der Waals surface area contributed by atoms with Gasteiger partial charge in [-0.1, -0.05) is 559 Å². The van der Waals surface area contributed by atoms with Crippen molar-refractivity contribution in [3.05, 3.63) is 501 Å². The van der Waals surface area contributed by atoms with Crippen LogP contribution in [0.15, 0.2) is 400 Å². The summed E-state index contributed by atoms with van der Waals surface area (Å²) in [6.45, 7) is 52.2. The fraction of sp³-hybridized carbons (Fsp3) is 0.246. The zero-order chi connectivity index (χ0) is 100. The molecule has 8 aliphatic rings. The zero-order valence-electron chi connectivity index (χ0n) is 88.8. The molecule has 0 aliphatic heterocycles. The van der Waals surface area contributed by atoms with Crippen LogP contribution in [0.25, 0.3) is 111 Å². The molecule has 0 N–H and O–H groups in total. The third-order valence-corrected chi connectivity index (χ3v) is 24.2. The van der Waals surface area contributed by atoms with E-state index < -0.39 is 0 Å². The highest BCUT2D eigenvalue weighted by Gasteiger charge is 2.32. The van der Waals surface area contributed by atoms with Crippen molar-refractivity contribution in [3.8, 4) is 89.0 Å². The van der Waals surface area contributed by atoms with E-state index in [0.29, 0.717) is 0 Å². The molecule has 138 heavy (non-hydrogen) atoms. The van der Waals surface area contributed by atoms with Crippen LogP contribution in [0.5, 0.6) is 0 Å². The van der Waals surface area contributed by atoms with E-state index >= 15 is 0 Å². The van der Waals surface area contributed by atoms with Crippen LogP contribution in [0.3, 0.4) is 0 Å². The van der Waals surface area contributed by atoms with Crippen LogP contribution in [0.4, 0.5) is 0 Å². The zero-order valence-corrected chi connectivity index (χ0v) is 88.8. The first-order valence-electron chi connectivity index (χ1n) is 52.5. The second-order valence-electron chi connectivity index (χ2n) is 31.2. The van der Waals surface area contributed by atoms with Gasteiger partial charge in [0.05, 0.1) is 0 Å². The van der Waals surface area contributed by atoms with Crippen molar-refractivity contribution in [1.82, 2.24) is 0 Å². The molecule has 0 radical (unpaired) electrons. The maximum absolute atomic E-state index is 2.43. The number of fused-ring (bicyclic) bond motifs is 30. The minimum Gasteiger partial charge on any atom is -0.0683 e. The van der Waals surface area contributed by atoms with E-state index in [1.807, 2.05) is 275 Å². The smallest absolute Gasteiger partial charge is 0.000421 e. The maximum atomic E-state index is 2.43. The summed E-state index contributed by atoms with van der Waals surface area (Å²) in [6, 6.07) is 143. The molecule has 0 aromatic heterocycles. The van der Waals surface area contributed by atoms with Gasteiger partial charge in [0.1, 0.15) is 0 Å². The minimum atomic E-state index is 1.07. The fourth-order valence-electron chi connectivity index (χ4n) is 18.8. The Hall–Kier alpha value is -13.5. The third kappa shape index (κ3) is 27.1. The lowest BCUT2D eigenvalue weighted by Crippen LogP contribution is -1.91. The molecular weight excluding hydrogens is 1660 g/mol. The second kappa shape index (κ2) is 60.8. The minimum absolute atomic E-state index is 1.07. The van der Waals surface area contributed by atoms with Crippen molar-refractivity contribution in [2.45, 2.75) is 231 Å². The highest BCUT2D eigenvalue weighted by atomic mass is 14.4. The summed E-state index contributed by atoms with van der Waals surface area (Å²) in [5, 5.41) is 5.45. The van der Waals surface area contributed by atoms with E-state index in [9.17, 15) is 0 Å². The lowest BCUT2D eigenvalue weighted by atomic mass is 9.96. The first-order chi connectivity index (χ1) is 68.4. The normalized spacial score (nSPS) is 10.7. The van der Waals surface area contributed by atoms with E-state index in [0.717, 1.165) is 51.4 Å². The molecular formula is C138H160. The highest BCUT2D eigenvalue weighted by molar-refractivity contribution is 5.98. The Morgan fingerprint density at radius 3 is 0.601 bits per heavy atom. The molecule has 0 saturated heterocycles. The summed E-state index contributed by atoms with van der Waals surface area (Å²) in [4.78, 5) is 0. The van der Waals surface area contributed by atoms with Gasteiger partial charge in [-0.05, 0) is 283 Å². The van der Waals surface area contributed by atoms with Crippen molar-refractivity contribution >= 4 is 21.5 Å². The molecule has 0 nitrogen and oxygen atoms in total. The average Bonchev–Trinajstić information content (AvgIpc) is 1.59. The molecule has 0 amide bonds. The molecule has 18 aromatic carbocycles. The molecule has 0 fully saturated rings. The quantitative estimate of drug-likeness (QED) is 0.142. The van der Waals surface area contributed by atoms with Crippen LogP contribution in [0, 0.1) is 13.8 Å². The van der Waals surface area contributed by atoms with Crippen LogP contribution in [-0.4, -0.2) is 0 Å². The number of hydrogen-bond donors (Lipinski definition) is 0. The van der Waals surface area contributed by atoms with Crippen LogP contribution >= 0.6 is 0 Å². The standard InChI is InChI=1S/2C24H16.2C20H14.2C7H8.2C6H6.12C2H6/c1-3-7-17-15(5-1)9-10-20-21-12-11-19-18-8-4-2-6-16(18)13-22(19)24(21)14-23(17)20;1-2-6-16-12-22-18(11-15(16)5-1)14-24-21(22)10-9-20-19-8-4-3-7-17(19)13-23(20)24;1-3-7-17-13(5-1)9-15-11-20-16(12-19(15)17)10-14-6-2-4-8-18(14)20;1-3-7-15-13(5-1)11-19-17(15)9-10-18-16-8-4-2-6-14(16)12-20(18)19;2*1-7-5-3-2-4-6-7;2*1-2-4-6-5-3-1;12*1-2/h2*1-12H,13-14H2;1-8,11-12H,9-10H2;1-10H,11-12H2;2*2-6H,1H3;2*1-6H;12*1-2H3. The number of aryl methyl sites for hydroxylation is 2. The number of benzene rings is 18. The Morgan fingerprint density at radius 2 is 0.304 bits per heavy atom. The van der Waals surface area contributed by atoms with Gasteiger partial charge < -0.3 is 0 Å². The molecule has 0 heteroatoms. The Bertz CT molecular complexity index is 6290. The van der Waals surface area contributed by atoms with Crippen molar-refractivity contribution < 1.29 is 0 Å². The molecule has 0 bridgehead atoms. The van der Waals surface area contributed by atoms with Crippen molar-refractivity contribution in [2.24, 2.45) is 0 Å². The topological polar surface area (TPSA) is 0 Å². The monoisotopic (exact) mass is 1820 g/mol.